The molecule has 10 rings (SSSR count). The minimum absolute atomic E-state index is 0.0341. The second-order valence-corrected chi connectivity index (χ2v) is 18.9. The van der Waals surface area contributed by atoms with Gasteiger partial charge in [0.15, 0.2) is 0 Å². The third-order valence-corrected chi connectivity index (χ3v) is 14.0. The number of piperazine rings is 1. The molecule has 2 aliphatic carbocycles. The summed E-state index contributed by atoms with van der Waals surface area (Å²) in [6, 6.07) is 22.6. The molecule has 3 amide bonds. The highest BCUT2D eigenvalue weighted by Crippen LogP contribution is 2.34. The Morgan fingerprint density at radius 1 is 0.606 bits per heavy atom. The van der Waals surface area contributed by atoms with Gasteiger partial charge in [-0.25, -0.2) is 19.9 Å². The van der Waals surface area contributed by atoms with Gasteiger partial charge in [-0.2, -0.15) is 20.7 Å². The standard InChI is InChI=1S/C28H32N8O2.C25H27N7O/c1-20(37)34-11-13-35(14-12-34)27(38)22-7-4-8-24(16-22)32-28-30-10-9-26(33-28)23-18-31-36(19-23)25(17-29)15-21-5-2-3-6-21;26-15-22(13-18-5-1-2-6-18)32-17-20(16-28-32)23-9-10-27-25(30-23)29-21-8-3-7-19(14-21)24(33)31-11-4-12-31/h4,7-10,16,18-19,21,25H,2-3,5-6,11-15H2,1H3,(H,30,32,33);3,7-10,14,16-18,22H,1-2,4-6,11-13H2,(H,27,29,30). The van der Waals surface area contributed by atoms with Crippen molar-refractivity contribution in [1.82, 2.24) is 54.2 Å². The quantitative estimate of drug-likeness (QED) is 0.105. The first kappa shape index (κ1) is 48.1. The zero-order valence-electron chi connectivity index (χ0n) is 40.1. The summed E-state index contributed by atoms with van der Waals surface area (Å²) < 4.78 is 3.50. The number of likely N-dealkylation sites (tertiary alicyclic amines) is 1. The van der Waals surface area contributed by atoms with Crippen LogP contribution < -0.4 is 10.6 Å². The van der Waals surface area contributed by atoms with E-state index in [4.69, 9.17) is 0 Å². The van der Waals surface area contributed by atoms with E-state index in [1.165, 1.54) is 51.4 Å². The van der Waals surface area contributed by atoms with Gasteiger partial charge in [0.25, 0.3) is 11.8 Å². The van der Waals surface area contributed by atoms with Gasteiger partial charge in [0, 0.05) is 105 Å². The molecule has 364 valence electrons. The molecule has 2 aromatic carbocycles. The van der Waals surface area contributed by atoms with Crippen LogP contribution in [0.5, 0.6) is 0 Å². The van der Waals surface area contributed by atoms with Crippen molar-refractivity contribution in [2.24, 2.45) is 11.8 Å². The van der Waals surface area contributed by atoms with Crippen molar-refractivity contribution >= 4 is 41.0 Å². The van der Waals surface area contributed by atoms with Gasteiger partial charge in [-0.3, -0.25) is 23.7 Å². The lowest BCUT2D eigenvalue weighted by atomic mass is 9.99. The van der Waals surface area contributed by atoms with Gasteiger partial charge in [0.05, 0.1) is 35.9 Å². The van der Waals surface area contributed by atoms with Gasteiger partial charge in [-0.15, -0.1) is 0 Å². The average Bonchev–Trinajstić information content (AvgIpc) is 4.25. The van der Waals surface area contributed by atoms with E-state index in [1.807, 2.05) is 65.8 Å². The molecule has 0 spiro atoms. The highest BCUT2D eigenvalue weighted by atomic mass is 16.2. The minimum Gasteiger partial charge on any atom is -0.339 e. The SMILES string of the molecule is CC(=O)N1CCN(C(=O)c2cccc(Nc3nccc(-c4cnn(C(C#N)CC5CCCC5)c4)n3)c2)CC1.N#CC(CC1CCCC1)n1cc(-c2ccnc(Nc3cccc(C(=O)N4CCC4)c3)n2)cn1. The Labute approximate surface area is 413 Å². The number of hydrogen-bond donors (Lipinski definition) is 2. The van der Waals surface area contributed by atoms with Crippen molar-refractivity contribution in [2.75, 3.05) is 49.9 Å². The summed E-state index contributed by atoms with van der Waals surface area (Å²) in [7, 11) is 0. The predicted molar refractivity (Wildman–Crippen MR) is 267 cm³/mol. The maximum atomic E-state index is 13.0. The van der Waals surface area contributed by atoms with Gasteiger partial charge in [0.1, 0.15) is 12.1 Å². The van der Waals surface area contributed by atoms with E-state index in [1.54, 1.807) is 63.0 Å². The summed E-state index contributed by atoms with van der Waals surface area (Å²) in [6.07, 6.45) is 23.2. The molecule has 0 bridgehead atoms. The number of amides is 3. The first-order valence-electron chi connectivity index (χ1n) is 24.8. The molecular weight excluding hydrogens is 895 g/mol. The van der Waals surface area contributed by atoms with E-state index in [0.717, 1.165) is 54.9 Å². The molecule has 6 aromatic rings. The second-order valence-electron chi connectivity index (χ2n) is 18.9. The molecule has 4 fully saturated rings. The normalized spacial score (nSPS) is 16.7. The Balaban J connectivity index is 0.000000177. The molecule has 2 saturated heterocycles. The average molecular weight is 954 g/mol. The van der Waals surface area contributed by atoms with E-state index in [-0.39, 0.29) is 29.8 Å². The number of nitrogens with zero attached hydrogens (tertiary/aromatic N) is 13. The van der Waals surface area contributed by atoms with Crippen LogP contribution in [0, 0.1) is 34.5 Å². The molecule has 6 heterocycles. The Kier molecular flexibility index (Phi) is 15.3. The van der Waals surface area contributed by atoms with E-state index in [2.05, 4.69) is 52.9 Å². The summed E-state index contributed by atoms with van der Waals surface area (Å²) >= 11 is 0. The Hall–Kier alpha value is -7.99. The molecule has 71 heavy (non-hydrogen) atoms. The van der Waals surface area contributed by atoms with Crippen LogP contribution in [0.4, 0.5) is 23.3 Å². The number of benzene rings is 2. The van der Waals surface area contributed by atoms with Crippen molar-refractivity contribution in [3.8, 4) is 34.7 Å². The minimum atomic E-state index is -0.281. The summed E-state index contributed by atoms with van der Waals surface area (Å²) in [5.74, 6) is 2.07. The Bertz CT molecular complexity index is 2890. The van der Waals surface area contributed by atoms with Crippen LogP contribution in [0.1, 0.15) is 110 Å². The molecule has 0 radical (unpaired) electrons. The van der Waals surface area contributed by atoms with Crippen molar-refractivity contribution in [3.05, 3.63) is 109 Å². The summed E-state index contributed by atoms with van der Waals surface area (Å²) in [4.78, 5) is 60.4. The van der Waals surface area contributed by atoms with E-state index in [9.17, 15) is 24.9 Å². The number of carbonyl (C=O) groups is 3. The molecule has 2 atom stereocenters. The number of anilines is 4. The molecule has 18 heteroatoms. The third kappa shape index (κ3) is 12.1. The highest BCUT2D eigenvalue weighted by molar-refractivity contribution is 5.96. The van der Waals surface area contributed by atoms with Crippen molar-refractivity contribution in [2.45, 2.75) is 89.6 Å². The van der Waals surface area contributed by atoms with E-state index in [0.29, 0.717) is 72.4 Å². The number of hydrogen-bond acceptors (Lipinski definition) is 13. The van der Waals surface area contributed by atoms with Crippen LogP contribution in [-0.4, -0.2) is 111 Å². The Morgan fingerprint density at radius 2 is 1.04 bits per heavy atom. The fourth-order valence-corrected chi connectivity index (χ4v) is 9.83. The molecular formula is C53H59N15O3. The monoisotopic (exact) mass is 953 g/mol. The fraction of sp³-hybridized carbons (Fsp3) is 0.415. The smallest absolute Gasteiger partial charge is 0.254 e. The topological polar surface area (TPSA) is 220 Å². The van der Waals surface area contributed by atoms with Gasteiger partial charge in [-0.1, -0.05) is 63.5 Å². The first-order valence-corrected chi connectivity index (χ1v) is 24.8. The number of carbonyl (C=O) groups excluding carboxylic acids is 3. The predicted octanol–water partition coefficient (Wildman–Crippen LogP) is 8.61. The van der Waals surface area contributed by atoms with E-state index >= 15 is 0 Å². The molecule has 4 aliphatic rings. The summed E-state index contributed by atoms with van der Waals surface area (Å²) in [5.41, 5.74) is 5.76. The second kappa shape index (κ2) is 22.6. The third-order valence-electron chi connectivity index (χ3n) is 14.0. The van der Waals surface area contributed by atoms with Crippen LogP contribution in [0.3, 0.4) is 0 Å². The highest BCUT2D eigenvalue weighted by Gasteiger charge is 2.26. The zero-order chi connectivity index (χ0) is 49.1. The van der Waals surface area contributed by atoms with Crippen LogP contribution in [0.25, 0.3) is 22.5 Å². The van der Waals surface area contributed by atoms with Crippen molar-refractivity contribution in [3.63, 3.8) is 0 Å². The van der Waals surface area contributed by atoms with Gasteiger partial charge < -0.3 is 25.3 Å². The number of aromatic nitrogens is 8. The molecule has 2 saturated carbocycles. The van der Waals surface area contributed by atoms with Gasteiger partial charge in [0.2, 0.25) is 17.8 Å². The first-order chi connectivity index (χ1) is 34.7. The van der Waals surface area contributed by atoms with Gasteiger partial charge >= 0.3 is 0 Å². The number of nitrogens with one attached hydrogen (secondary N) is 2. The molecule has 2 N–H and O–H groups in total. The van der Waals surface area contributed by atoms with Crippen molar-refractivity contribution in [1.29, 1.82) is 10.5 Å². The molecule has 2 aliphatic heterocycles. The van der Waals surface area contributed by atoms with Crippen LogP contribution in [0.2, 0.25) is 0 Å². The van der Waals surface area contributed by atoms with E-state index < -0.39 is 0 Å². The van der Waals surface area contributed by atoms with Crippen LogP contribution in [0.15, 0.2) is 97.8 Å². The lowest BCUT2D eigenvalue weighted by Gasteiger charge is -2.34. The van der Waals surface area contributed by atoms with Crippen molar-refractivity contribution < 1.29 is 14.4 Å². The van der Waals surface area contributed by atoms with Crippen LogP contribution >= 0.6 is 0 Å². The fourth-order valence-electron chi connectivity index (χ4n) is 9.83. The number of nitriles is 2. The number of rotatable bonds is 14. The maximum Gasteiger partial charge on any atom is 0.254 e. The van der Waals surface area contributed by atoms with Gasteiger partial charge in [-0.05, 0) is 79.6 Å². The summed E-state index contributed by atoms with van der Waals surface area (Å²) in [5, 5.41) is 34.7. The lowest BCUT2D eigenvalue weighted by molar-refractivity contribution is -0.130. The molecule has 18 nitrogen and oxygen atoms in total. The molecule has 4 aromatic heterocycles. The Morgan fingerprint density at radius 3 is 1.45 bits per heavy atom. The maximum absolute atomic E-state index is 13.0. The molecule has 2 unspecified atom stereocenters. The lowest BCUT2D eigenvalue weighted by Crippen LogP contribution is -2.50. The largest absolute Gasteiger partial charge is 0.339 e. The summed E-state index contributed by atoms with van der Waals surface area (Å²) in [6.45, 7) is 5.32. The zero-order valence-corrected chi connectivity index (χ0v) is 40.1. The van der Waals surface area contributed by atoms with Crippen LogP contribution in [-0.2, 0) is 4.79 Å².